The van der Waals surface area contributed by atoms with Gasteiger partial charge in [-0.25, -0.2) is 0 Å². The molecule has 2 rings (SSSR count). The molecule has 0 spiro atoms. The van der Waals surface area contributed by atoms with E-state index < -0.39 is 0 Å². The van der Waals surface area contributed by atoms with E-state index in [0.717, 1.165) is 11.6 Å². The molecule has 1 N–H and O–H groups in total. The summed E-state index contributed by atoms with van der Waals surface area (Å²) in [4.78, 5) is 0. The molecule has 0 heterocycles. The van der Waals surface area contributed by atoms with Crippen molar-refractivity contribution in [1.29, 1.82) is 0 Å². The van der Waals surface area contributed by atoms with Crippen LogP contribution >= 0.6 is 11.6 Å². The van der Waals surface area contributed by atoms with Crippen molar-refractivity contribution >= 4 is 11.6 Å². The van der Waals surface area contributed by atoms with Crippen molar-refractivity contribution < 1.29 is 0 Å². The molecule has 0 unspecified atom stereocenters. The van der Waals surface area contributed by atoms with Gasteiger partial charge >= 0.3 is 0 Å². The molecule has 0 amide bonds. The van der Waals surface area contributed by atoms with Gasteiger partial charge in [-0.2, -0.15) is 0 Å². The first-order valence-electron chi connectivity index (χ1n) is 5.71. The summed E-state index contributed by atoms with van der Waals surface area (Å²) in [5, 5.41) is 3.97. The third-order valence-corrected chi connectivity index (χ3v) is 3.04. The molecule has 2 aromatic carbocycles. The molecule has 0 aliphatic rings. The summed E-state index contributed by atoms with van der Waals surface area (Å²) in [5.41, 5.74) is 5.06. The topological polar surface area (TPSA) is 12.0 Å². The van der Waals surface area contributed by atoms with Gasteiger partial charge in [-0.1, -0.05) is 47.5 Å². The summed E-state index contributed by atoms with van der Waals surface area (Å²) in [5.74, 6) is 0. The first-order chi connectivity index (χ1) is 8.20. The second-order valence-corrected chi connectivity index (χ2v) is 4.63. The first-order valence-corrected chi connectivity index (χ1v) is 6.08. The Morgan fingerprint density at radius 1 is 1.06 bits per heavy atom. The molecule has 0 bridgehead atoms. The normalized spacial score (nSPS) is 10.5. The Morgan fingerprint density at radius 3 is 2.41 bits per heavy atom. The molecule has 2 heteroatoms. The second kappa shape index (κ2) is 5.35. The van der Waals surface area contributed by atoms with Crippen LogP contribution in [-0.2, 0) is 6.54 Å². The maximum atomic E-state index is 5.92. The van der Waals surface area contributed by atoms with E-state index in [1.807, 2.05) is 19.2 Å². The summed E-state index contributed by atoms with van der Waals surface area (Å²) in [6, 6.07) is 14.5. The van der Waals surface area contributed by atoms with Gasteiger partial charge in [-0.15, -0.1) is 0 Å². The Balaban J connectivity index is 2.48. The minimum absolute atomic E-state index is 0.775. The van der Waals surface area contributed by atoms with Crippen LogP contribution in [-0.4, -0.2) is 7.05 Å². The molecule has 0 atom stereocenters. The van der Waals surface area contributed by atoms with Crippen LogP contribution in [0.3, 0.4) is 0 Å². The Kier molecular flexibility index (Phi) is 3.82. The lowest BCUT2D eigenvalue weighted by Crippen LogP contribution is -2.06. The molecule has 0 radical (unpaired) electrons. The molecular formula is C15H16ClN. The van der Waals surface area contributed by atoms with E-state index in [4.69, 9.17) is 11.6 Å². The van der Waals surface area contributed by atoms with E-state index >= 15 is 0 Å². The van der Waals surface area contributed by atoms with E-state index in [0.29, 0.717) is 0 Å². The van der Waals surface area contributed by atoms with Gasteiger partial charge in [0.25, 0.3) is 0 Å². The maximum absolute atomic E-state index is 5.92. The Hall–Kier alpha value is -1.31. The fourth-order valence-corrected chi connectivity index (χ4v) is 2.06. The molecule has 0 saturated carbocycles. The molecule has 0 aliphatic heterocycles. The van der Waals surface area contributed by atoms with Crippen molar-refractivity contribution in [2.24, 2.45) is 0 Å². The third-order valence-electron chi connectivity index (χ3n) is 2.79. The molecule has 0 aliphatic carbocycles. The smallest absolute Gasteiger partial charge is 0.0406 e. The average molecular weight is 246 g/mol. The second-order valence-electron chi connectivity index (χ2n) is 4.20. The number of hydrogen-bond acceptors (Lipinski definition) is 1. The van der Waals surface area contributed by atoms with Gasteiger partial charge in [0.2, 0.25) is 0 Å². The number of aryl methyl sites for hydroxylation is 1. The van der Waals surface area contributed by atoms with Crippen molar-refractivity contribution in [3.63, 3.8) is 0 Å². The van der Waals surface area contributed by atoms with Gasteiger partial charge in [0.1, 0.15) is 0 Å². The van der Waals surface area contributed by atoms with Crippen molar-refractivity contribution in [2.45, 2.75) is 13.5 Å². The van der Waals surface area contributed by atoms with Crippen LogP contribution in [0.5, 0.6) is 0 Å². The zero-order valence-corrected chi connectivity index (χ0v) is 10.9. The van der Waals surface area contributed by atoms with Crippen LogP contribution in [0.2, 0.25) is 5.02 Å². The van der Waals surface area contributed by atoms with Gasteiger partial charge in [-0.05, 0) is 42.8 Å². The van der Waals surface area contributed by atoms with E-state index in [-0.39, 0.29) is 0 Å². The van der Waals surface area contributed by atoms with Crippen molar-refractivity contribution in [2.75, 3.05) is 7.05 Å². The standard InChI is InChI=1S/C15H16ClN/c1-11-3-4-13(10-17-2)15(9-11)12-5-7-14(16)8-6-12/h3-9,17H,10H2,1-2H3. The van der Waals surface area contributed by atoms with E-state index in [1.54, 1.807) is 0 Å². The van der Waals surface area contributed by atoms with Crippen molar-refractivity contribution in [3.8, 4) is 11.1 Å². The molecular weight excluding hydrogens is 230 g/mol. The molecule has 17 heavy (non-hydrogen) atoms. The molecule has 2 aromatic rings. The highest BCUT2D eigenvalue weighted by Gasteiger charge is 2.04. The monoisotopic (exact) mass is 245 g/mol. The molecule has 88 valence electrons. The lowest BCUT2D eigenvalue weighted by Gasteiger charge is -2.10. The molecule has 0 fully saturated rings. The molecule has 1 nitrogen and oxygen atoms in total. The predicted molar refractivity (Wildman–Crippen MR) is 74.4 cm³/mol. The molecule has 0 saturated heterocycles. The largest absolute Gasteiger partial charge is 0.316 e. The van der Waals surface area contributed by atoms with Crippen LogP contribution in [0.25, 0.3) is 11.1 Å². The maximum Gasteiger partial charge on any atom is 0.0406 e. The highest BCUT2D eigenvalue weighted by molar-refractivity contribution is 6.30. The van der Waals surface area contributed by atoms with E-state index in [9.17, 15) is 0 Å². The summed E-state index contributed by atoms with van der Waals surface area (Å²) in [7, 11) is 1.96. The minimum Gasteiger partial charge on any atom is -0.316 e. The average Bonchev–Trinajstić information content (AvgIpc) is 2.33. The number of halogens is 1. The summed E-state index contributed by atoms with van der Waals surface area (Å²) in [6.07, 6.45) is 0. The number of hydrogen-bond donors (Lipinski definition) is 1. The first kappa shape index (κ1) is 12.2. The van der Waals surface area contributed by atoms with Gasteiger partial charge in [-0.3, -0.25) is 0 Å². The summed E-state index contributed by atoms with van der Waals surface area (Å²) in [6.45, 7) is 2.99. The van der Waals surface area contributed by atoms with E-state index in [1.165, 1.54) is 22.3 Å². The quantitative estimate of drug-likeness (QED) is 0.861. The van der Waals surface area contributed by atoms with Crippen LogP contribution in [0.4, 0.5) is 0 Å². The minimum atomic E-state index is 0.775. The lowest BCUT2D eigenvalue weighted by atomic mass is 9.97. The Morgan fingerprint density at radius 2 is 1.76 bits per heavy atom. The Bertz CT molecular complexity index is 503. The van der Waals surface area contributed by atoms with Crippen molar-refractivity contribution in [1.82, 2.24) is 5.32 Å². The van der Waals surface area contributed by atoms with Gasteiger partial charge in [0.15, 0.2) is 0 Å². The number of benzene rings is 2. The molecule has 0 aromatic heterocycles. The summed E-state index contributed by atoms with van der Waals surface area (Å²) >= 11 is 5.92. The van der Waals surface area contributed by atoms with Crippen LogP contribution in [0, 0.1) is 6.92 Å². The van der Waals surface area contributed by atoms with Crippen LogP contribution < -0.4 is 5.32 Å². The van der Waals surface area contributed by atoms with Gasteiger partial charge in [0.05, 0.1) is 0 Å². The highest BCUT2D eigenvalue weighted by atomic mass is 35.5. The van der Waals surface area contributed by atoms with Gasteiger partial charge < -0.3 is 5.32 Å². The predicted octanol–water partition coefficient (Wildman–Crippen LogP) is 4.03. The summed E-state index contributed by atoms with van der Waals surface area (Å²) < 4.78 is 0. The number of nitrogens with one attached hydrogen (secondary N) is 1. The SMILES string of the molecule is CNCc1ccc(C)cc1-c1ccc(Cl)cc1. The zero-order valence-electron chi connectivity index (χ0n) is 10.1. The zero-order chi connectivity index (χ0) is 12.3. The fourth-order valence-electron chi connectivity index (χ4n) is 1.93. The van der Waals surface area contributed by atoms with Crippen LogP contribution in [0.15, 0.2) is 42.5 Å². The van der Waals surface area contributed by atoms with E-state index in [2.05, 4.69) is 42.6 Å². The van der Waals surface area contributed by atoms with Gasteiger partial charge in [0, 0.05) is 11.6 Å². The Labute approximate surface area is 107 Å². The number of rotatable bonds is 3. The highest BCUT2D eigenvalue weighted by Crippen LogP contribution is 2.26. The third kappa shape index (κ3) is 2.87. The van der Waals surface area contributed by atoms with Crippen LogP contribution in [0.1, 0.15) is 11.1 Å². The lowest BCUT2D eigenvalue weighted by molar-refractivity contribution is 0.819. The van der Waals surface area contributed by atoms with Crippen molar-refractivity contribution in [3.05, 3.63) is 58.6 Å². The fraction of sp³-hybridized carbons (Fsp3) is 0.200.